The molecule has 0 saturated carbocycles. The van der Waals surface area contributed by atoms with E-state index in [0.717, 1.165) is 4.57 Å². The van der Waals surface area contributed by atoms with Crippen molar-refractivity contribution in [3.05, 3.63) is 99.2 Å². The molecule has 7 nitrogen and oxygen atoms in total. The first-order valence-electron chi connectivity index (χ1n) is 8.87. The number of hydrogen-bond acceptors (Lipinski definition) is 4. The van der Waals surface area contributed by atoms with Gasteiger partial charge in [0, 0.05) is 17.3 Å². The molecule has 0 atom stereocenters. The lowest BCUT2D eigenvalue weighted by molar-refractivity contribution is 0.102. The van der Waals surface area contributed by atoms with E-state index in [-0.39, 0.29) is 5.91 Å². The molecule has 144 valence electrons. The van der Waals surface area contributed by atoms with Gasteiger partial charge in [-0.2, -0.15) is 0 Å². The topological polar surface area (TPSA) is 93.2 Å². The van der Waals surface area contributed by atoms with Gasteiger partial charge in [0.15, 0.2) is 0 Å². The van der Waals surface area contributed by atoms with Gasteiger partial charge in [-0.1, -0.05) is 24.3 Å². The van der Waals surface area contributed by atoms with Gasteiger partial charge in [-0.05, 0) is 42.5 Å². The van der Waals surface area contributed by atoms with Crippen molar-refractivity contribution in [2.75, 3.05) is 12.4 Å². The molecule has 0 saturated heterocycles. The van der Waals surface area contributed by atoms with E-state index in [2.05, 4.69) is 10.3 Å². The minimum atomic E-state index is -0.570. The lowest BCUT2D eigenvalue weighted by Crippen LogP contribution is -2.33. The Balaban J connectivity index is 1.72. The summed E-state index contributed by atoms with van der Waals surface area (Å²) in [4.78, 5) is 40.6. The third-order valence-electron chi connectivity index (χ3n) is 4.50. The van der Waals surface area contributed by atoms with Crippen LogP contribution in [0.1, 0.15) is 10.4 Å². The summed E-state index contributed by atoms with van der Waals surface area (Å²) in [5.74, 6) is 0.250. The van der Waals surface area contributed by atoms with Crippen LogP contribution in [0.5, 0.6) is 5.75 Å². The van der Waals surface area contributed by atoms with Crippen molar-refractivity contribution >= 4 is 22.5 Å². The van der Waals surface area contributed by atoms with E-state index >= 15 is 0 Å². The summed E-state index contributed by atoms with van der Waals surface area (Å²) < 4.78 is 6.21. The van der Waals surface area contributed by atoms with Crippen molar-refractivity contribution in [1.82, 2.24) is 9.55 Å². The number of aromatic nitrogens is 2. The van der Waals surface area contributed by atoms with Crippen molar-refractivity contribution in [2.24, 2.45) is 0 Å². The predicted octanol–water partition coefficient (Wildman–Crippen LogP) is 2.94. The fourth-order valence-electron chi connectivity index (χ4n) is 3.07. The maximum absolute atomic E-state index is 12.8. The zero-order valence-corrected chi connectivity index (χ0v) is 15.5. The zero-order chi connectivity index (χ0) is 20.4. The zero-order valence-electron chi connectivity index (χ0n) is 15.5. The molecule has 0 fully saturated rings. The molecule has 4 rings (SSSR count). The summed E-state index contributed by atoms with van der Waals surface area (Å²) in [6.45, 7) is 0. The maximum Gasteiger partial charge on any atom is 0.333 e. The Kier molecular flexibility index (Phi) is 4.70. The van der Waals surface area contributed by atoms with Gasteiger partial charge in [-0.25, -0.2) is 9.36 Å². The number of carbonyl (C=O) groups excluding carboxylic acids is 1. The number of nitrogens with zero attached hydrogens (tertiary/aromatic N) is 1. The van der Waals surface area contributed by atoms with Crippen LogP contribution in [-0.4, -0.2) is 22.6 Å². The summed E-state index contributed by atoms with van der Waals surface area (Å²) in [6, 6.07) is 20.2. The Bertz CT molecular complexity index is 1320. The smallest absolute Gasteiger partial charge is 0.333 e. The van der Waals surface area contributed by atoms with Crippen molar-refractivity contribution in [1.29, 1.82) is 0 Å². The molecule has 0 aliphatic carbocycles. The number of fused-ring (bicyclic) bond motifs is 1. The van der Waals surface area contributed by atoms with Crippen LogP contribution in [0.4, 0.5) is 5.69 Å². The molecule has 3 aromatic carbocycles. The third kappa shape index (κ3) is 3.53. The summed E-state index contributed by atoms with van der Waals surface area (Å²) in [5, 5.41) is 3.08. The standard InChI is InChI=1S/C22H17N3O4/c1-29-17-9-5-6-15(13-17)23-20(26)14-10-11-18-19(12-14)24-22(28)25(21(18)27)16-7-3-2-4-8-16/h2-13H,1H3,(H,23,26)(H,24,28). The molecule has 1 amide bonds. The van der Waals surface area contributed by atoms with Gasteiger partial charge in [0.1, 0.15) is 5.75 Å². The van der Waals surface area contributed by atoms with E-state index in [4.69, 9.17) is 4.74 Å². The Hall–Kier alpha value is -4.13. The van der Waals surface area contributed by atoms with E-state index in [1.165, 1.54) is 12.1 Å². The first-order valence-corrected chi connectivity index (χ1v) is 8.87. The first-order chi connectivity index (χ1) is 14.1. The number of para-hydroxylation sites is 1. The van der Waals surface area contributed by atoms with Gasteiger partial charge in [-0.3, -0.25) is 9.59 Å². The number of aromatic amines is 1. The number of nitrogens with one attached hydrogen (secondary N) is 2. The predicted molar refractivity (Wildman–Crippen MR) is 111 cm³/mol. The average Bonchev–Trinajstić information content (AvgIpc) is 2.74. The minimum absolute atomic E-state index is 0.297. The van der Waals surface area contributed by atoms with Crippen molar-refractivity contribution in [2.45, 2.75) is 0 Å². The van der Waals surface area contributed by atoms with E-state index in [1.807, 2.05) is 0 Å². The molecule has 0 aliphatic rings. The number of benzene rings is 3. The van der Waals surface area contributed by atoms with Crippen molar-refractivity contribution < 1.29 is 9.53 Å². The number of carbonyl (C=O) groups is 1. The molecular formula is C22H17N3O4. The average molecular weight is 387 g/mol. The molecule has 0 spiro atoms. The molecule has 29 heavy (non-hydrogen) atoms. The fourth-order valence-corrected chi connectivity index (χ4v) is 3.07. The van der Waals surface area contributed by atoms with Crippen LogP contribution < -0.4 is 21.3 Å². The maximum atomic E-state index is 12.8. The van der Waals surface area contributed by atoms with Gasteiger partial charge < -0.3 is 15.0 Å². The number of hydrogen-bond donors (Lipinski definition) is 2. The molecule has 0 radical (unpaired) electrons. The Labute approximate surface area is 165 Å². The Morgan fingerprint density at radius 3 is 2.52 bits per heavy atom. The monoisotopic (exact) mass is 387 g/mol. The highest BCUT2D eigenvalue weighted by molar-refractivity contribution is 6.06. The lowest BCUT2D eigenvalue weighted by atomic mass is 10.1. The molecule has 4 aromatic rings. The number of methoxy groups -OCH3 is 1. The van der Waals surface area contributed by atoms with E-state index in [0.29, 0.717) is 33.6 Å². The third-order valence-corrected chi connectivity index (χ3v) is 4.50. The molecule has 1 aromatic heterocycles. The van der Waals surface area contributed by atoms with Crippen LogP contribution in [0.25, 0.3) is 16.6 Å². The second-order valence-electron chi connectivity index (χ2n) is 6.35. The van der Waals surface area contributed by atoms with Crippen LogP contribution in [0.15, 0.2) is 82.4 Å². The summed E-state index contributed by atoms with van der Waals surface area (Å²) in [7, 11) is 1.54. The second-order valence-corrected chi connectivity index (χ2v) is 6.35. The molecule has 0 bridgehead atoms. The number of anilines is 1. The molecule has 2 N–H and O–H groups in total. The van der Waals surface area contributed by atoms with Crippen LogP contribution in [0.2, 0.25) is 0 Å². The molecule has 1 heterocycles. The SMILES string of the molecule is COc1cccc(NC(=O)c2ccc3c(=O)n(-c4ccccc4)c(=O)[nH]c3c2)c1. The number of H-pyrrole nitrogens is 1. The number of amides is 1. The molecule has 0 unspecified atom stereocenters. The summed E-state index contributed by atoms with van der Waals surface area (Å²) in [5.41, 5.74) is 0.634. The highest BCUT2D eigenvalue weighted by Crippen LogP contribution is 2.18. The van der Waals surface area contributed by atoms with E-state index < -0.39 is 11.2 Å². The Morgan fingerprint density at radius 2 is 1.76 bits per heavy atom. The van der Waals surface area contributed by atoms with Gasteiger partial charge in [0.25, 0.3) is 11.5 Å². The highest BCUT2D eigenvalue weighted by atomic mass is 16.5. The summed E-state index contributed by atoms with van der Waals surface area (Å²) in [6.07, 6.45) is 0. The fraction of sp³-hybridized carbons (Fsp3) is 0.0455. The van der Waals surface area contributed by atoms with Crippen LogP contribution >= 0.6 is 0 Å². The van der Waals surface area contributed by atoms with Gasteiger partial charge in [0.2, 0.25) is 0 Å². The quantitative estimate of drug-likeness (QED) is 0.563. The van der Waals surface area contributed by atoms with Gasteiger partial charge in [0.05, 0.1) is 23.7 Å². The summed E-state index contributed by atoms with van der Waals surface area (Å²) >= 11 is 0. The van der Waals surface area contributed by atoms with Crippen LogP contribution in [-0.2, 0) is 0 Å². The number of ether oxygens (including phenoxy) is 1. The first kappa shape index (κ1) is 18.2. The van der Waals surface area contributed by atoms with Crippen LogP contribution in [0, 0.1) is 0 Å². The Morgan fingerprint density at radius 1 is 0.966 bits per heavy atom. The van der Waals surface area contributed by atoms with Crippen molar-refractivity contribution in [3.63, 3.8) is 0 Å². The molecular weight excluding hydrogens is 370 g/mol. The lowest BCUT2D eigenvalue weighted by Gasteiger charge is -2.09. The van der Waals surface area contributed by atoms with E-state index in [1.54, 1.807) is 67.8 Å². The number of rotatable bonds is 4. The largest absolute Gasteiger partial charge is 0.497 e. The second kappa shape index (κ2) is 7.47. The molecule has 0 aliphatic heterocycles. The van der Waals surface area contributed by atoms with Crippen molar-refractivity contribution in [3.8, 4) is 11.4 Å². The van der Waals surface area contributed by atoms with Crippen LogP contribution in [0.3, 0.4) is 0 Å². The van der Waals surface area contributed by atoms with Gasteiger partial charge in [-0.15, -0.1) is 0 Å². The van der Waals surface area contributed by atoms with Gasteiger partial charge >= 0.3 is 5.69 Å². The molecule has 7 heteroatoms. The normalized spacial score (nSPS) is 10.7. The van der Waals surface area contributed by atoms with E-state index in [9.17, 15) is 14.4 Å². The highest BCUT2D eigenvalue weighted by Gasteiger charge is 2.13. The minimum Gasteiger partial charge on any atom is -0.497 e.